The minimum Gasteiger partial charge on any atom is -0.480 e. The molecule has 2 atom stereocenters. The average molecular weight is 286 g/mol. The van der Waals surface area contributed by atoms with Crippen molar-refractivity contribution >= 4 is 12.0 Å². The molecule has 2 unspecified atom stereocenters. The number of urea groups is 1. The Bertz CT molecular complexity index is 370. The fourth-order valence-electron chi connectivity index (χ4n) is 2.55. The normalized spacial score (nSPS) is 24.5. The Morgan fingerprint density at radius 3 is 2.60 bits per heavy atom. The zero-order valence-electron chi connectivity index (χ0n) is 12.8. The zero-order chi connectivity index (χ0) is 15.4. The number of nitrogens with one attached hydrogen (secondary N) is 2. The Hall–Kier alpha value is -1.30. The van der Waals surface area contributed by atoms with Gasteiger partial charge < -0.3 is 20.5 Å². The maximum atomic E-state index is 12.0. The number of ether oxygens (including phenoxy) is 1. The van der Waals surface area contributed by atoms with Gasteiger partial charge in [0.15, 0.2) is 0 Å². The number of carboxylic acids is 1. The molecule has 2 amide bonds. The zero-order valence-corrected chi connectivity index (χ0v) is 12.8. The van der Waals surface area contributed by atoms with Crippen molar-refractivity contribution in [2.45, 2.75) is 70.6 Å². The first-order chi connectivity index (χ1) is 9.18. The van der Waals surface area contributed by atoms with Crippen molar-refractivity contribution in [1.82, 2.24) is 10.6 Å². The molecule has 0 saturated carbocycles. The standard InChI is InChI=1S/C14H26N2O4/c1-5-7-14(4,11(17)18)16-12(19)15-10-6-8-20-13(2,3)9-10/h10H,5-9H2,1-4H3,(H,17,18)(H2,15,16,19). The Morgan fingerprint density at radius 1 is 1.45 bits per heavy atom. The SMILES string of the molecule is CCCC(C)(NC(=O)NC1CCOC(C)(C)C1)C(=O)O. The van der Waals surface area contributed by atoms with Crippen molar-refractivity contribution < 1.29 is 19.4 Å². The van der Waals surface area contributed by atoms with E-state index in [0.29, 0.717) is 19.4 Å². The second-order valence-electron chi connectivity index (χ2n) is 6.28. The van der Waals surface area contributed by atoms with E-state index in [1.165, 1.54) is 6.92 Å². The number of hydrogen-bond acceptors (Lipinski definition) is 3. The number of amides is 2. The molecular weight excluding hydrogens is 260 g/mol. The van der Waals surface area contributed by atoms with E-state index < -0.39 is 17.5 Å². The summed E-state index contributed by atoms with van der Waals surface area (Å²) in [6, 6.07) is -0.413. The van der Waals surface area contributed by atoms with Crippen LogP contribution in [0.3, 0.4) is 0 Å². The highest BCUT2D eigenvalue weighted by molar-refractivity contribution is 5.85. The van der Waals surface area contributed by atoms with Gasteiger partial charge in [-0.1, -0.05) is 13.3 Å². The average Bonchev–Trinajstić information content (AvgIpc) is 2.26. The van der Waals surface area contributed by atoms with Crippen LogP contribution >= 0.6 is 0 Å². The molecule has 0 aliphatic carbocycles. The van der Waals surface area contributed by atoms with E-state index in [2.05, 4.69) is 10.6 Å². The van der Waals surface area contributed by atoms with Gasteiger partial charge in [-0.15, -0.1) is 0 Å². The van der Waals surface area contributed by atoms with E-state index in [-0.39, 0.29) is 11.6 Å². The molecule has 0 bridgehead atoms. The Morgan fingerprint density at radius 2 is 2.10 bits per heavy atom. The highest BCUT2D eigenvalue weighted by Gasteiger charge is 2.35. The summed E-state index contributed by atoms with van der Waals surface area (Å²) in [6.45, 7) is 7.99. The summed E-state index contributed by atoms with van der Waals surface area (Å²) in [4.78, 5) is 23.3. The van der Waals surface area contributed by atoms with Crippen molar-refractivity contribution in [2.24, 2.45) is 0 Å². The number of aliphatic carboxylic acids is 1. The highest BCUT2D eigenvalue weighted by Crippen LogP contribution is 2.24. The number of carbonyl (C=O) groups is 2. The topological polar surface area (TPSA) is 87.7 Å². The van der Waals surface area contributed by atoms with Crippen molar-refractivity contribution in [3.63, 3.8) is 0 Å². The molecular formula is C14H26N2O4. The van der Waals surface area contributed by atoms with E-state index in [9.17, 15) is 14.7 Å². The summed E-state index contributed by atoms with van der Waals surface area (Å²) in [5, 5.41) is 14.7. The molecule has 6 heteroatoms. The molecule has 3 N–H and O–H groups in total. The lowest BCUT2D eigenvalue weighted by Gasteiger charge is -2.36. The van der Waals surface area contributed by atoms with Crippen LogP contribution < -0.4 is 10.6 Å². The van der Waals surface area contributed by atoms with Crippen LogP contribution in [0.1, 0.15) is 53.4 Å². The molecule has 116 valence electrons. The molecule has 0 aromatic heterocycles. The van der Waals surface area contributed by atoms with Gasteiger partial charge in [0.05, 0.1) is 5.60 Å². The molecule has 20 heavy (non-hydrogen) atoms. The van der Waals surface area contributed by atoms with Crippen LogP contribution in [0.4, 0.5) is 4.79 Å². The molecule has 1 saturated heterocycles. The van der Waals surface area contributed by atoms with Crippen molar-refractivity contribution in [3.05, 3.63) is 0 Å². The van der Waals surface area contributed by atoms with Crippen LogP contribution in [0.5, 0.6) is 0 Å². The highest BCUT2D eigenvalue weighted by atomic mass is 16.5. The lowest BCUT2D eigenvalue weighted by molar-refractivity contribution is -0.144. The monoisotopic (exact) mass is 286 g/mol. The molecule has 1 aliphatic rings. The smallest absolute Gasteiger partial charge is 0.329 e. The van der Waals surface area contributed by atoms with Crippen LogP contribution in [-0.4, -0.2) is 40.9 Å². The largest absolute Gasteiger partial charge is 0.480 e. The van der Waals surface area contributed by atoms with Crippen LogP contribution in [-0.2, 0) is 9.53 Å². The quantitative estimate of drug-likeness (QED) is 0.720. The summed E-state index contributed by atoms with van der Waals surface area (Å²) in [5.41, 5.74) is -1.48. The van der Waals surface area contributed by atoms with Gasteiger partial charge in [0.2, 0.25) is 0 Å². The van der Waals surface area contributed by atoms with Crippen molar-refractivity contribution in [2.75, 3.05) is 6.61 Å². The van der Waals surface area contributed by atoms with Gasteiger partial charge in [-0.25, -0.2) is 9.59 Å². The van der Waals surface area contributed by atoms with Gasteiger partial charge >= 0.3 is 12.0 Å². The fourth-order valence-corrected chi connectivity index (χ4v) is 2.55. The maximum Gasteiger partial charge on any atom is 0.329 e. The molecule has 0 spiro atoms. The van der Waals surface area contributed by atoms with Crippen LogP contribution in [0, 0.1) is 0 Å². The molecule has 0 radical (unpaired) electrons. The summed E-state index contributed by atoms with van der Waals surface area (Å²) < 4.78 is 5.59. The van der Waals surface area contributed by atoms with Gasteiger partial charge in [-0.3, -0.25) is 0 Å². The number of carboxylic acid groups (broad SMARTS) is 1. The maximum absolute atomic E-state index is 12.0. The molecule has 6 nitrogen and oxygen atoms in total. The lowest BCUT2D eigenvalue weighted by Crippen LogP contribution is -2.57. The Kier molecular flexibility index (Phi) is 5.39. The first-order valence-electron chi connectivity index (χ1n) is 7.14. The van der Waals surface area contributed by atoms with Gasteiger partial charge in [0.25, 0.3) is 0 Å². The van der Waals surface area contributed by atoms with Gasteiger partial charge in [0.1, 0.15) is 5.54 Å². The van der Waals surface area contributed by atoms with Crippen LogP contribution in [0.25, 0.3) is 0 Å². The summed E-state index contributed by atoms with van der Waals surface area (Å²) in [6.07, 6.45) is 2.55. The second kappa shape index (κ2) is 6.43. The van der Waals surface area contributed by atoms with Gasteiger partial charge in [-0.05, 0) is 40.0 Å². The summed E-state index contributed by atoms with van der Waals surface area (Å²) >= 11 is 0. The number of hydrogen-bond donors (Lipinski definition) is 3. The van der Waals surface area contributed by atoms with Crippen molar-refractivity contribution in [1.29, 1.82) is 0 Å². The third-order valence-corrected chi connectivity index (χ3v) is 3.64. The first-order valence-corrected chi connectivity index (χ1v) is 7.14. The van der Waals surface area contributed by atoms with Gasteiger partial charge in [0, 0.05) is 12.6 Å². The van der Waals surface area contributed by atoms with Gasteiger partial charge in [-0.2, -0.15) is 0 Å². The van der Waals surface area contributed by atoms with E-state index in [0.717, 1.165) is 12.8 Å². The Labute approximate surface area is 120 Å². The minimum absolute atomic E-state index is 0.0124. The summed E-state index contributed by atoms with van der Waals surface area (Å²) in [7, 11) is 0. The molecule has 0 aromatic carbocycles. The van der Waals surface area contributed by atoms with Crippen LogP contribution in [0.15, 0.2) is 0 Å². The van der Waals surface area contributed by atoms with Crippen molar-refractivity contribution in [3.8, 4) is 0 Å². The predicted octanol–water partition coefficient (Wildman–Crippen LogP) is 1.89. The van der Waals surface area contributed by atoms with E-state index >= 15 is 0 Å². The van der Waals surface area contributed by atoms with E-state index in [1.54, 1.807) is 0 Å². The minimum atomic E-state index is -1.22. The molecule has 1 fully saturated rings. The predicted molar refractivity (Wildman–Crippen MR) is 75.7 cm³/mol. The van der Waals surface area contributed by atoms with E-state index in [1.807, 2.05) is 20.8 Å². The first kappa shape index (κ1) is 16.8. The molecule has 1 aliphatic heterocycles. The van der Waals surface area contributed by atoms with Crippen LogP contribution in [0.2, 0.25) is 0 Å². The molecule has 1 heterocycles. The second-order valence-corrected chi connectivity index (χ2v) is 6.28. The number of rotatable bonds is 5. The third-order valence-electron chi connectivity index (χ3n) is 3.64. The van der Waals surface area contributed by atoms with E-state index in [4.69, 9.17) is 4.74 Å². The molecule has 0 aromatic rings. The lowest BCUT2D eigenvalue weighted by atomic mass is 9.94. The number of carbonyl (C=O) groups excluding carboxylic acids is 1. The summed E-state index contributed by atoms with van der Waals surface area (Å²) in [5.74, 6) is -1.01. The third kappa shape index (κ3) is 4.67. The Balaban J connectivity index is 2.56. The molecule has 1 rings (SSSR count). The fraction of sp³-hybridized carbons (Fsp3) is 0.857.